The Labute approximate surface area is 96.0 Å². The minimum absolute atomic E-state index is 0.0769. The first-order valence-corrected chi connectivity index (χ1v) is 5.18. The standard InChI is InChI=1S/C11H12F4N2/c12-8-5-17(6-8)4-7-1-2-9(16)3-10(7)11(13,14)15/h1-3,8H,4-6,16H2. The molecule has 2 N–H and O–H groups in total. The van der Waals surface area contributed by atoms with Crippen molar-refractivity contribution in [3.8, 4) is 0 Å². The van der Waals surface area contributed by atoms with Crippen LogP contribution in [0.25, 0.3) is 0 Å². The lowest BCUT2D eigenvalue weighted by Gasteiger charge is -2.34. The lowest BCUT2D eigenvalue weighted by molar-refractivity contribution is -0.138. The monoisotopic (exact) mass is 248 g/mol. The highest BCUT2D eigenvalue weighted by Gasteiger charge is 2.35. The van der Waals surface area contributed by atoms with E-state index >= 15 is 0 Å². The Morgan fingerprint density at radius 2 is 1.94 bits per heavy atom. The molecule has 0 spiro atoms. The molecule has 0 atom stereocenters. The average molecular weight is 248 g/mol. The Morgan fingerprint density at radius 3 is 2.47 bits per heavy atom. The van der Waals surface area contributed by atoms with E-state index in [9.17, 15) is 17.6 Å². The molecule has 1 aliphatic rings. The molecule has 0 bridgehead atoms. The predicted molar refractivity (Wildman–Crippen MR) is 56.0 cm³/mol. The van der Waals surface area contributed by atoms with Gasteiger partial charge in [-0.15, -0.1) is 0 Å². The molecule has 94 valence electrons. The molecule has 17 heavy (non-hydrogen) atoms. The number of halogens is 4. The fraction of sp³-hybridized carbons (Fsp3) is 0.455. The first-order valence-electron chi connectivity index (χ1n) is 5.18. The highest BCUT2D eigenvalue weighted by Crippen LogP contribution is 2.34. The molecule has 0 saturated carbocycles. The zero-order valence-electron chi connectivity index (χ0n) is 8.97. The van der Waals surface area contributed by atoms with Gasteiger partial charge in [-0.1, -0.05) is 6.07 Å². The van der Waals surface area contributed by atoms with Crippen LogP contribution in [0.5, 0.6) is 0 Å². The third kappa shape index (κ3) is 2.69. The van der Waals surface area contributed by atoms with Crippen molar-refractivity contribution < 1.29 is 17.6 Å². The maximum absolute atomic E-state index is 12.7. The van der Waals surface area contributed by atoms with E-state index in [1.165, 1.54) is 12.1 Å². The Kier molecular flexibility index (Phi) is 2.99. The van der Waals surface area contributed by atoms with Gasteiger partial charge in [0, 0.05) is 25.3 Å². The van der Waals surface area contributed by atoms with E-state index in [-0.39, 0.29) is 30.9 Å². The smallest absolute Gasteiger partial charge is 0.399 e. The first-order chi connectivity index (χ1) is 7.86. The fourth-order valence-electron chi connectivity index (χ4n) is 1.87. The van der Waals surface area contributed by atoms with Crippen molar-refractivity contribution in [2.75, 3.05) is 18.8 Å². The van der Waals surface area contributed by atoms with Crippen LogP contribution in [0.3, 0.4) is 0 Å². The summed E-state index contributed by atoms with van der Waals surface area (Å²) in [4.78, 5) is 1.63. The molecule has 0 unspecified atom stereocenters. The van der Waals surface area contributed by atoms with Gasteiger partial charge in [-0.2, -0.15) is 13.2 Å². The van der Waals surface area contributed by atoms with Crippen molar-refractivity contribution in [2.45, 2.75) is 18.9 Å². The Morgan fingerprint density at radius 1 is 1.29 bits per heavy atom. The SMILES string of the molecule is Nc1ccc(CN2CC(F)C2)c(C(F)(F)F)c1. The Balaban J connectivity index is 2.21. The fourth-order valence-corrected chi connectivity index (χ4v) is 1.87. The van der Waals surface area contributed by atoms with Crippen molar-refractivity contribution in [1.29, 1.82) is 0 Å². The van der Waals surface area contributed by atoms with Crippen LogP contribution in [0.1, 0.15) is 11.1 Å². The largest absolute Gasteiger partial charge is 0.416 e. The summed E-state index contributed by atoms with van der Waals surface area (Å²) in [6, 6.07) is 3.70. The number of nitrogen functional groups attached to an aromatic ring is 1. The Bertz CT molecular complexity index is 410. The van der Waals surface area contributed by atoms with E-state index in [1.54, 1.807) is 4.90 Å². The Hall–Kier alpha value is -1.30. The third-order valence-corrected chi connectivity index (χ3v) is 2.75. The van der Waals surface area contributed by atoms with Crippen LogP contribution in [-0.2, 0) is 12.7 Å². The molecule has 0 amide bonds. The van der Waals surface area contributed by atoms with E-state index in [2.05, 4.69) is 0 Å². The maximum Gasteiger partial charge on any atom is 0.416 e. The quantitative estimate of drug-likeness (QED) is 0.643. The molecule has 1 aromatic rings. The van der Waals surface area contributed by atoms with Gasteiger partial charge in [0.15, 0.2) is 0 Å². The number of nitrogens with two attached hydrogens (primary N) is 1. The summed E-state index contributed by atoms with van der Waals surface area (Å²) in [6.07, 6.45) is -5.34. The van der Waals surface area contributed by atoms with Crippen LogP contribution in [0, 0.1) is 0 Å². The molecule has 2 nitrogen and oxygen atoms in total. The number of hydrogen-bond acceptors (Lipinski definition) is 2. The number of likely N-dealkylation sites (tertiary alicyclic amines) is 1. The van der Waals surface area contributed by atoms with E-state index in [1.807, 2.05) is 0 Å². The van der Waals surface area contributed by atoms with Crippen LogP contribution in [0.2, 0.25) is 0 Å². The summed E-state index contributed by atoms with van der Waals surface area (Å²) in [6.45, 7) is 0.499. The minimum atomic E-state index is -4.43. The molecule has 1 saturated heterocycles. The summed E-state index contributed by atoms with van der Waals surface area (Å²) in [5.74, 6) is 0. The molecular formula is C11H12F4N2. The lowest BCUT2D eigenvalue weighted by Crippen LogP contribution is -2.47. The molecule has 0 aromatic heterocycles. The molecule has 1 aromatic carbocycles. The molecule has 0 radical (unpaired) electrons. The molecule has 1 fully saturated rings. The van der Waals surface area contributed by atoms with Gasteiger partial charge in [0.05, 0.1) is 5.56 Å². The van der Waals surface area contributed by atoms with Gasteiger partial charge in [-0.25, -0.2) is 4.39 Å². The van der Waals surface area contributed by atoms with Gasteiger partial charge in [-0.3, -0.25) is 4.90 Å². The van der Waals surface area contributed by atoms with Crippen LogP contribution in [0.15, 0.2) is 18.2 Å². The number of anilines is 1. The van der Waals surface area contributed by atoms with Gasteiger partial charge < -0.3 is 5.73 Å². The van der Waals surface area contributed by atoms with Gasteiger partial charge in [-0.05, 0) is 17.7 Å². The third-order valence-electron chi connectivity index (χ3n) is 2.75. The lowest BCUT2D eigenvalue weighted by atomic mass is 10.0. The summed E-state index contributed by atoms with van der Waals surface area (Å²) in [5, 5.41) is 0. The minimum Gasteiger partial charge on any atom is -0.399 e. The second-order valence-electron chi connectivity index (χ2n) is 4.21. The zero-order valence-corrected chi connectivity index (χ0v) is 8.97. The van der Waals surface area contributed by atoms with Crippen molar-refractivity contribution >= 4 is 5.69 Å². The number of rotatable bonds is 2. The summed E-state index contributed by atoms with van der Waals surface area (Å²) in [5.41, 5.74) is 4.83. The van der Waals surface area contributed by atoms with E-state index < -0.39 is 17.9 Å². The maximum atomic E-state index is 12.7. The second-order valence-corrected chi connectivity index (χ2v) is 4.21. The number of benzene rings is 1. The summed E-state index contributed by atoms with van der Waals surface area (Å²) < 4.78 is 50.8. The molecule has 1 aliphatic heterocycles. The normalized spacial score (nSPS) is 18.1. The second kappa shape index (κ2) is 4.18. The van der Waals surface area contributed by atoms with E-state index in [0.717, 1.165) is 6.07 Å². The molecule has 6 heteroatoms. The van der Waals surface area contributed by atoms with Gasteiger partial charge in [0.25, 0.3) is 0 Å². The topological polar surface area (TPSA) is 29.3 Å². The summed E-state index contributed by atoms with van der Waals surface area (Å²) in [7, 11) is 0. The molecular weight excluding hydrogens is 236 g/mol. The highest BCUT2D eigenvalue weighted by molar-refractivity contribution is 5.46. The van der Waals surface area contributed by atoms with E-state index in [4.69, 9.17) is 5.73 Å². The predicted octanol–water partition coefficient (Wildman–Crippen LogP) is 2.44. The van der Waals surface area contributed by atoms with Crippen molar-refractivity contribution in [3.63, 3.8) is 0 Å². The van der Waals surface area contributed by atoms with Crippen LogP contribution in [-0.4, -0.2) is 24.2 Å². The first kappa shape index (κ1) is 12.2. The number of nitrogens with zero attached hydrogens (tertiary/aromatic N) is 1. The van der Waals surface area contributed by atoms with Gasteiger partial charge >= 0.3 is 6.18 Å². The van der Waals surface area contributed by atoms with Gasteiger partial charge in [0.1, 0.15) is 6.17 Å². The van der Waals surface area contributed by atoms with Crippen LogP contribution < -0.4 is 5.73 Å². The number of alkyl halides is 4. The average Bonchev–Trinajstić information content (AvgIpc) is 2.16. The molecule has 2 rings (SSSR count). The highest BCUT2D eigenvalue weighted by atomic mass is 19.4. The molecule has 0 aliphatic carbocycles. The number of hydrogen-bond donors (Lipinski definition) is 1. The van der Waals surface area contributed by atoms with Crippen LogP contribution in [0.4, 0.5) is 23.2 Å². The molecule has 1 heterocycles. The summed E-state index contributed by atoms with van der Waals surface area (Å²) >= 11 is 0. The zero-order chi connectivity index (χ0) is 12.6. The van der Waals surface area contributed by atoms with Crippen molar-refractivity contribution in [2.24, 2.45) is 0 Å². The van der Waals surface area contributed by atoms with E-state index in [0.29, 0.717) is 0 Å². The van der Waals surface area contributed by atoms with Gasteiger partial charge in [0.2, 0.25) is 0 Å². The van der Waals surface area contributed by atoms with Crippen LogP contribution >= 0.6 is 0 Å². The van der Waals surface area contributed by atoms with Crippen molar-refractivity contribution in [3.05, 3.63) is 29.3 Å². The van der Waals surface area contributed by atoms with Crippen molar-refractivity contribution in [1.82, 2.24) is 4.90 Å².